The van der Waals surface area contributed by atoms with E-state index in [4.69, 9.17) is 4.74 Å². The van der Waals surface area contributed by atoms with Gasteiger partial charge in [-0.1, -0.05) is 47.8 Å². The molecule has 0 aliphatic heterocycles. The molecule has 4 aromatic rings. The summed E-state index contributed by atoms with van der Waals surface area (Å²) < 4.78 is 10.5. The lowest BCUT2D eigenvalue weighted by Crippen LogP contribution is -2.01. The van der Waals surface area contributed by atoms with Crippen LogP contribution < -0.4 is 0 Å². The van der Waals surface area contributed by atoms with Gasteiger partial charge in [0.2, 0.25) is 0 Å². The minimum atomic E-state index is 0.751. The molecule has 4 rings (SSSR count). The van der Waals surface area contributed by atoms with E-state index in [1.54, 1.807) is 46.2 Å². The molecule has 0 amide bonds. The van der Waals surface area contributed by atoms with Crippen molar-refractivity contribution >= 4 is 66.6 Å². The summed E-state index contributed by atoms with van der Waals surface area (Å²) in [4.78, 5) is 9.24. The molecule has 0 unspecified atom stereocenters. The van der Waals surface area contributed by atoms with E-state index < -0.39 is 0 Å². The lowest BCUT2D eigenvalue weighted by molar-refractivity contribution is 0.167. The highest BCUT2D eigenvalue weighted by Crippen LogP contribution is 2.30. The first-order valence-electron chi connectivity index (χ1n) is 7.93. The molecular formula is C18H16N2OS4. The molecular weight excluding hydrogens is 388 g/mol. The van der Waals surface area contributed by atoms with Crippen molar-refractivity contribution in [2.75, 3.05) is 24.7 Å². The van der Waals surface area contributed by atoms with E-state index in [-0.39, 0.29) is 0 Å². The van der Waals surface area contributed by atoms with E-state index in [0.717, 1.165) is 44.4 Å². The van der Waals surface area contributed by atoms with Crippen LogP contribution in [0.1, 0.15) is 0 Å². The van der Waals surface area contributed by atoms with E-state index in [9.17, 15) is 0 Å². The van der Waals surface area contributed by atoms with Gasteiger partial charge in [-0.05, 0) is 24.3 Å². The van der Waals surface area contributed by atoms with Crippen LogP contribution in [0, 0.1) is 0 Å². The molecule has 0 aliphatic rings. The number of para-hydroxylation sites is 2. The van der Waals surface area contributed by atoms with Gasteiger partial charge in [0.15, 0.2) is 8.68 Å². The third kappa shape index (κ3) is 4.54. The summed E-state index contributed by atoms with van der Waals surface area (Å²) >= 11 is 7.04. The Labute approximate surface area is 162 Å². The first-order valence-corrected chi connectivity index (χ1v) is 11.5. The minimum absolute atomic E-state index is 0.751. The largest absolute Gasteiger partial charge is 0.380 e. The first kappa shape index (κ1) is 17.3. The van der Waals surface area contributed by atoms with Gasteiger partial charge < -0.3 is 4.74 Å². The molecule has 0 N–H and O–H groups in total. The summed E-state index contributed by atoms with van der Waals surface area (Å²) in [6.07, 6.45) is 0. The zero-order valence-corrected chi connectivity index (χ0v) is 16.6. The van der Waals surface area contributed by atoms with Crippen LogP contribution in [0.4, 0.5) is 0 Å². The van der Waals surface area contributed by atoms with E-state index >= 15 is 0 Å². The standard InChI is InChI=1S/C18H16N2OS4/c1-3-7-15-13(5-1)19-17(24-15)22-11-9-21-10-12-23-18-20-14-6-2-4-8-16(14)25-18/h1-8H,9-12H2. The number of ether oxygens (including phenoxy) is 1. The third-order valence-electron chi connectivity index (χ3n) is 3.45. The van der Waals surface area contributed by atoms with Gasteiger partial charge in [0, 0.05) is 11.5 Å². The quantitative estimate of drug-likeness (QED) is 0.274. The van der Waals surface area contributed by atoms with E-state index in [1.807, 2.05) is 12.1 Å². The van der Waals surface area contributed by atoms with Gasteiger partial charge in [-0.15, -0.1) is 22.7 Å². The maximum Gasteiger partial charge on any atom is 0.151 e. The molecule has 0 saturated carbocycles. The second-order valence-electron chi connectivity index (χ2n) is 5.20. The number of thiazole rings is 2. The fourth-order valence-electron chi connectivity index (χ4n) is 2.30. The van der Waals surface area contributed by atoms with Crippen molar-refractivity contribution in [3.05, 3.63) is 48.5 Å². The number of thioether (sulfide) groups is 2. The van der Waals surface area contributed by atoms with E-state index in [1.165, 1.54) is 9.40 Å². The highest BCUT2D eigenvalue weighted by Gasteiger charge is 2.05. The summed E-state index contributed by atoms with van der Waals surface area (Å²) in [5.41, 5.74) is 2.17. The van der Waals surface area contributed by atoms with Crippen molar-refractivity contribution < 1.29 is 4.74 Å². The van der Waals surface area contributed by atoms with Crippen molar-refractivity contribution in [1.82, 2.24) is 9.97 Å². The Hall–Kier alpha value is -1.12. The fourth-order valence-corrected chi connectivity index (χ4v) is 6.28. The first-order chi connectivity index (χ1) is 12.4. The highest BCUT2D eigenvalue weighted by molar-refractivity contribution is 8.01. The van der Waals surface area contributed by atoms with Gasteiger partial charge in [0.05, 0.1) is 33.6 Å². The van der Waals surface area contributed by atoms with Gasteiger partial charge in [-0.25, -0.2) is 9.97 Å². The van der Waals surface area contributed by atoms with Gasteiger partial charge in [0.1, 0.15) is 0 Å². The van der Waals surface area contributed by atoms with Crippen LogP contribution in [0.3, 0.4) is 0 Å². The molecule has 0 spiro atoms. The third-order valence-corrected chi connectivity index (χ3v) is 7.74. The Morgan fingerprint density at radius 3 is 1.68 bits per heavy atom. The van der Waals surface area contributed by atoms with Crippen molar-refractivity contribution in [1.29, 1.82) is 0 Å². The molecule has 7 heteroatoms. The Kier molecular flexibility index (Phi) is 5.89. The molecule has 0 radical (unpaired) electrons. The number of aromatic nitrogens is 2. The number of benzene rings is 2. The van der Waals surface area contributed by atoms with Gasteiger partial charge in [-0.3, -0.25) is 0 Å². The molecule has 2 aromatic carbocycles. The molecule has 25 heavy (non-hydrogen) atoms. The molecule has 2 heterocycles. The summed E-state index contributed by atoms with van der Waals surface area (Å²) in [6.45, 7) is 1.50. The Bertz CT molecular complexity index is 822. The van der Waals surface area contributed by atoms with Crippen molar-refractivity contribution in [3.8, 4) is 0 Å². The van der Waals surface area contributed by atoms with Crippen LogP contribution in [0.25, 0.3) is 20.4 Å². The molecule has 0 fully saturated rings. The summed E-state index contributed by atoms with van der Waals surface area (Å²) in [5.74, 6) is 1.87. The highest BCUT2D eigenvalue weighted by atomic mass is 32.2. The fraction of sp³-hybridized carbons (Fsp3) is 0.222. The van der Waals surface area contributed by atoms with Crippen molar-refractivity contribution in [3.63, 3.8) is 0 Å². The smallest absolute Gasteiger partial charge is 0.151 e. The average Bonchev–Trinajstić information content (AvgIpc) is 3.23. The van der Waals surface area contributed by atoms with Crippen LogP contribution in [0.15, 0.2) is 57.2 Å². The van der Waals surface area contributed by atoms with Gasteiger partial charge >= 0.3 is 0 Å². The van der Waals surface area contributed by atoms with Crippen molar-refractivity contribution in [2.24, 2.45) is 0 Å². The van der Waals surface area contributed by atoms with E-state index in [2.05, 4.69) is 46.4 Å². The second-order valence-corrected chi connectivity index (χ2v) is 9.95. The molecule has 2 aromatic heterocycles. The minimum Gasteiger partial charge on any atom is -0.380 e. The Morgan fingerprint density at radius 2 is 1.20 bits per heavy atom. The molecule has 0 aliphatic carbocycles. The number of hydrogen-bond acceptors (Lipinski definition) is 7. The van der Waals surface area contributed by atoms with Crippen LogP contribution in [0.5, 0.6) is 0 Å². The van der Waals surface area contributed by atoms with E-state index in [0.29, 0.717) is 0 Å². The van der Waals surface area contributed by atoms with Crippen LogP contribution in [0.2, 0.25) is 0 Å². The summed E-state index contributed by atoms with van der Waals surface area (Å²) in [5, 5.41) is 0. The molecule has 128 valence electrons. The summed E-state index contributed by atoms with van der Waals surface area (Å²) in [7, 11) is 0. The predicted molar refractivity (Wildman–Crippen MR) is 112 cm³/mol. The lowest BCUT2D eigenvalue weighted by Gasteiger charge is -2.01. The maximum atomic E-state index is 5.74. The zero-order valence-electron chi connectivity index (χ0n) is 13.4. The predicted octanol–water partition coefficient (Wildman–Crippen LogP) is 5.81. The summed E-state index contributed by atoms with van der Waals surface area (Å²) in [6, 6.07) is 16.5. The Morgan fingerprint density at radius 1 is 0.720 bits per heavy atom. The van der Waals surface area contributed by atoms with Crippen molar-refractivity contribution in [2.45, 2.75) is 8.68 Å². The average molecular weight is 405 g/mol. The molecule has 0 bridgehead atoms. The zero-order chi connectivity index (χ0) is 16.9. The van der Waals surface area contributed by atoms with Crippen LogP contribution in [-0.4, -0.2) is 34.7 Å². The normalized spacial score (nSPS) is 11.5. The second kappa shape index (κ2) is 8.51. The van der Waals surface area contributed by atoms with Gasteiger partial charge in [-0.2, -0.15) is 0 Å². The molecule has 3 nitrogen and oxygen atoms in total. The monoisotopic (exact) mass is 404 g/mol. The number of nitrogens with zero attached hydrogens (tertiary/aromatic N) is 2. The van der Waals surface area contributed by atoms with Gasteiger partial charge in [0.25, 0.3) is 0 Å². The number of hydrogen-bond donors (Lipinski definition) is 0. The Balaban J connectivity index is 1.15. The lowest BCUT2D eigenvalue weighted by atomic mass is 10.3. The maximum absolute atomic E-state index is 5.74. The molecule has 0 atom stereocenters. The van der Waals surface area contributed by atoms with Crippen LogP contribution in [-0.2, 0) is 4.74 Å². The SMILES string of the molecule is c1ccc2sc(SCCOCCSc3nc4ccccc4s3)nc2c1. The van der Waals surface area contributed by atoms with Crippen LogP contribution >= 0.6 is 46.2 Å². The topological polar surface area (TPSA) is 35.0 Å². The number of fused-ring (bicyclic) bond motifs is 2. The molecule has 0 saturated heterocycles. The number of rotatable bonds is 8.